The van der Waals surface area contributed by atoms with Crippen LogP contribution in [0.4, 0.5) is 5.82 Å². The van der Waals surface area contributed by atoms with E-state index in [9.17, 15) is 0 Å². The van der Waals surface area contributed by atoms with Crippen LogP contribution in [-0.4, -0.2) is 16.5 Å². The number of fused-ring (bicyclic) bond motifs is 1. The molecular weight excluding hydrogens is 266 g/mol. The molecule has 2 aliphatic carbocycles. The molecule has 1 heterocycles. The molecular formula is C16H23N3S. The van der Waals surface area contributed by atoms with Gasteiger partial charge in [0.05, 0.1) is 5.56 Å². The van der Waals surface area contributed by atoms with E-state index in [1.54, 1.807) is 0 Å². The van der Waals surface area contributed by atoms with Crippen LogP contribution in [0.2, 0.25) is 0 Å². The predicted molar refractivity (Wildman–Crippen MR) is 87.1 cm³/mol. The van der Waals surface area contributed by atoms with Gasteiger partial charge in [-0.25, -0.2) is 4.98 Å². The molecule has 1 aromatic heterocycles. The van der Waals surface area contributed by atoms with Crippen molar-refractivity contribution >= 4 is 23.0 Å². The van der Waals surface area contributed by atoms with Crippen molar-refractivity contribution in [1.82, 2.24) is 4.98 Å². The van der Waals surface area contributed by atoms with Crippen LogP contribution in [-0.2, 0) is 12.8 Å². The van der Waals surface area contributed by atoms with Gasteiger partial charge in [0.2, 0.25) is 0 Å². The number of rotatable bonds is 4. The van der Waals surface area contributed by atoms with Crippen LogP contribution in [0.25, 0.3) is 0 Å². The SMILES string of the molecule is CC1CCC(CNc2nc3c(cc2C(N)=S)CCC3)C1. The Kier molecular flexibility index (Phi) is 3.92. The van der Waals surface area contributed by atoms with Crippen molar-refractivity contribution in [2.75, 3.05) is 11.9 Å². The molecule has 0 saturated heterocycles. The van der Waals surface area contributed by atoms with Gasteiger partial charge in [0.1, 0.15) is 10.8 Å². The molecule has 3 nitrogen and oxygen atoms in total. The van der Waals surface area contributed by atoms with Gasteiger partial charge in [-0.2, -0.15) is 0 Å². The van der Waals surface area contributed by atoms with Crippen LogP contribution in [0.5, 0.6) is 0 Å². The summed E-state index contributed by atoms with van der Waals surface area (Å²) in [6.45, 7) is 3.33. The molecule has 3 rings (SSSR count). The molecule has 4 heteroatoms. The van der Waals surface area contributed by atoms with Crippen molar-refractivity contribution in [2.45, 2.75) is 45.4 Å². The molecule has 0 spiro atoms. The lowest BCUT2D eigenvalue weighted by atomic mass is 10.1. The molecule has 108 valence electrons. The minimum atomic E-state index is 0.453. The van der Waals surface area contributed by atoms with Gasteiger partial charge >= 0.3 is 0 Å². The van der Waals surface area contributed by atoms with Crippen molar-refractivity contribution in [3.05, 3.63) is 22.9 Å². The summed E-state index contributed by atoms with van der Waals surface area (Å²) in [6, 6.07) is 2.15. The maximum atomic E-state index is 5.87. The topological polar surface area (TPSA) is 50.9 Å². The number of anilines is 1. The second-order valence-electron chi connectivity index (χ2n) is 6.37. The summed E-state index contributed by atoms with van der Waals surface area (Å²) >= 11 is 5.19. The summed E-state index contributed by atoms with van der Waals surface area (Å²) in [5.74, 6) is 2.53. The number of hydrogen-bond acceptors (Lipinski definition) is 3. The van der Waals surface area contributed by atoms with Crippen LogP contribution in [0.3, 0.4) is 0 Å². The lowest BCUT2D eigenvalue weighted by Crippen LogP contribution is -2.19. The highest BCUT2D eigenvalue weighted by Crippen LogP contribution is 2.31. The van der Waals surface area contributed by atoms with Gasteiger partial charge < -0.3 is 11.1 Å². The number of hydrogen-bond donors (Lipinski definition) is 2. The molecule has 1 aromatic rings. The number of nitrogens with two attached hydrogens (primary N) is 1. The zero-order valence-corrected chi connectivity index (χ0v) is 12.9. The molecule has 2 atom stereocenters. The second kappa shape index (κ2) is 5.68. The average molecular weight is 289 g/mol. The molecule has 3 N–H and O–H groups in total. The quantitative estimate of drug-likeness (QED) is 0.837. The van der Waals surface area contributed by atoms with Crippen LogP contribution < -0.4 is 11.1 Å². The maximum Gasteiger partial charge on any atom is 0.136 e. The van der Waals surface area contributed by atoms with E-state index in [1.807, 2.05) is 0 Å². The van der Waals surface area contributed by atoms with E-state index in [0.717, 1.165) is 42.6 Å². The van der Waals surface area contributed by atoms with Crippen molar-refractivity contribution in [1.29, 1.82) is 0 Å². The standard InChI is InChI=1S/C16H23N3S/c1-10-5-6-11(7-10)9-18-16-13(15(17)20)8-12-3-2-4-14(12)19-16/h8,10-11H,2-7,9H2,1H3,(H2,17,20)(H,18,19). The summed E-state index contributed by atoms with van der Waals surface area (Å²) in [5, 5.41) is 3.51. The van der Waals surface area contributed by atoms with Gasteiger partial charge in [0.15, 0.2) is 0 Å². The predicted octanol–water partition coefficient (Wildman–Crippen LogP) is 3.05. The molecule has 0 amide bonds. The fourth-order valence-electron chi connectivity index (χ4n) is 3.55. The Morgan fingerprint density at radius 1 is 1.45 bits per heavy atom. The zero-order chi connectivity index (χ0) is 14.1. The highest BCUT2D eigenvalue weighted by molar-refractivity contribution is 7.80. The van der Waals surface area contributed by atoms with E-state index >= 15 is 0 Å². The minimum absolute atomic E-state index is 0.453. The normalized spacial score (nSPS) is 24.6. The summed E-state index contributed by atoms with van der Waals surface area (Å²) < 4.78 is 0. The van der Waals surface area contributed by atoms with Crippen LogP contribution in [0, 0.1) is 11.8 Å². The smallest absolute Gasteiger partial charge is 0.136 e. The molecule has 0 bridgehead atoms. The first kappa shape index (κ1) is 13.8. The summed E-state index contributed by atoms with van der Waals surface area (Å²) in [4.78, 5) is 5.23. The van der Waals surface area contributed by atoms with Crippen LogP contribution in [0.1, 0.15) is 49.4 Å². The number of nitrogens with one attached hydrogen (secondary N) is 1. The number of aromatic nitrogens is 1. The number of pyridine rings is 1. The van der Waals surface area contributed by atoms with Gasteiger partial charge in [0, 0.05) is 12.2 Å². The lowest BCUT2D eigenvalue weighted by molar-refractivity contribution is 0.536. The van der Waals surface area contributed by atoms with E-state index in [1.165, 1.54) is 36.9 Å². The summed E-state index contributed by atoms with van der Waals surface area (Å²) in [7, 11) is 0. The Labute approximate surface area is 126 Å². The van der Waals surface area contributed by atoms with Crippen molar-refractivity contribution in [3.8, 4) is 0 Å². The van der Waals surface area contributed by atoms with E-state index in [2.05, 4.69) is 18.3 Å². The van der Waals surface area contributed by atoms with E-state index < -0.39 is 0 Å². The Bertz CT molecular complexity index is 527. The molecule has 20 heavy (non-hydrogen) atoms. The highest BCUT2D eigenvalue weighted by atomic mass is 32.1. The van der Waals surface area contributed by atoms with E-state index in [0.29, 0.717) is 4.99 Å². The minimum Gasteiger partial charge on any atom is -0.389 e. The molecule has 0 radical (unpaired) electrons. The summed E-state index contributed by atoms with van der Waals surface area (Å²) in [6.07, 6.45) is 7.39. The number of nitrogens with zero attached hydrogens (tertiary/aromatic N) is 1. The third kappa shape index (κ3) is 2.80. The van der Waals surface area contributed by atoms with Gasteiger partial charge in [0.25, 0.3) is 0 Å². The second-order valence-corrected chi connectivity index (χ2v) is 6.81. The largest absolute Gasteiger partial charge is 0.389 e. The van der Waals surface area contributed by atoms with E-state index in [-0.39, 0.29) is 0 Å². The number of aryl methyl sites for hydroxylation is 2. The first-order valence-corrected chi connectivity index (χ1v) is 8.10. The van der Waals surface area contributed by atoms with Gasteiger partial charge in [-0.1, -0.05) is 25.6 Å². The molecule has 1 fully saturated rings. The third-order valence-corrected chi connectivity index (χ3v) is 4.90. The average Bonchev–Trinajstić information content (AvgIpc) is 3.03. The van der Waals surface area contributed by atoms with Gasteiger partial charge in [-0.05, 0) is 55.6 Å². The Morgan fingerprint density at radius 2 is 2.30 bits per heavy atom. The number of thiocarbonyl (C=S) groups is 1. The van der Waals surface area contributed by atoms with Crippen LogP contribution >= 0.6 is 12.2 Å². The fraction of sp³-hybridized carbons (Fsp3) is 0.625. The molecule has 0 aromatic carbocycles. The van der Waals surface area contributed by atoms with Gasteiger partial charge in [-0.15, -0.1) is 0 Å². The van der Waals surface area contributed by atoms with Crippen molar-refractivity contribution < 1.29 is 0 Å². The lowest BCUT2D eigenvalue weighted by Gasteiger charge is -2.15. The van der Waals surface area contributed by atoms with Crippen molar-refractivity contribution in [3.63, 3.8) is 0 Å². The molecule has 1 saturated carbocycles. The Balaban J connectivity index is 1.76. The Hall–Kier alpha value is -1.16. The maximum absolute atomic E-state index is 5.87. The van der Waals surface area contributed by atoms with Gasteiger partial charge in [-0.3, -0.25) is 0 Å². The first-order valence-electron chi connectivity index (χ1n) is 7.70. The fourth-order valence-corrected chi connectivity index (χ4v) is 3.70. The molecule has 0 aliphatic heterocycles. The molecule has 2 aliphatic rings. The van der Waals surface area contributed by atoms with Crippen LogP contribution in [0.15, 0.2) is 6.07 Å². The zero-order valence-electron chi connectivity index (χ0n) is 12.1. The highest BCUT2D eigenvalue weighted by Gasteiger charge is 2.22. The third-order valence-electron chi connectivity index (χ3n) is 4.68. The molecule has 2 unspecified atom stereocenters. The Morgan fingerprint density at radius 3 is 3.00 bits per heavy atom. The first-order chi connectivity index (χ1) is 9.63. The monoisotopic (exact) mass is 289 g/mol. The summed E-state index contributed by atoms with van der Waals surface area (Å²) in [5.41, 5.74) is 9.34. The van der Waals surface area contributed by atoms with Crippen molar-refractivity contribution in [2.24, 2.45) is 17.6 Å². The van der Waals surface area contributed by atoms with E-state index in [4.69, 9.17) is 22.9 Å².